The third-order valence-electron chi connectivity index (χ3n) is 4.24. The number of ether oxygens (including phenoxy) is 2. The quantitative estimate of drug-likeness (QED) is 0.569. The number of rotatable bonds is 7. The highest BCUT2D eigenvalue weighted by atomic mass is 16.5. The fraction of sp³-hybridized carbons (Fsp3) is 0.238. The number of amides is 3. The van der Waals surface area contributed by atoms with E-state index < -0.39 is 30.3 Å². The Balaban J connectivity index is 1.79. The molecule has 8 nitrogen and oxygen atoms in total. The van der Waals surface area contributed by atoms with Crippen LogP contribution < -0.4 is 15.0 Å². The fourth-order valence-corrected chi connectivity index (χ4v) is 2.92. The van der Waals surface area contributed by atoms with E-state index in [1.165, 1.54) is 18.2 Å². The largest absolute Gasteiger partial charge is 0.494 e. The average Bonchev–Trinajstić information content (AvgIpc) is 2.97. The lowest BCUT2D eigenvalue weighted by Gasteiger charge is -2.14. The van der Waals surface area contributed by atoms with Crippen LogP contribution in [0.3, 0.4) is 0 Å². The fourth-order valence-electron chi connectivity index (χ4n) is 2.92. The van der Waals surface area contributed by atoms with Gasteiger partial charge in [-0.3, -0.25) is 14.4 Å². The Morgan fingerprint density at radius 3 is 2.31 bits per heavy atom. The molecule has 0 spiro atoms. The van der Waals surface area contributed by atoms with Gasteiger partial charge in [-0.05, 0) is 56.3 Å². The van der Waals surface area contributed by atoms with Crippen LogP contribution in [0.25, 0.3) is 0 Å². The molecule has 0 atom stereocenters. The van der Waals surface area contributed by atoms with Crippen molar-refractivity contribution in [3.63, 3.8) is 0 Å². The van der Waals surface area contributed by atoms with E-state index in [4.69, 9.17) is 9.47 Å². The summed E-state index contributed by atoms with van der Waals surface area (Å²) in [5, 5.41) is 2.51. The van der Waals surface area contributed by atoms with Gasteiger partial charge in [-0.25, -0.2) is 9.69 Å². The second kappa shape index (κ2) is 8.55. The lowest BCUT2D eigenvalue weighted by molar-refractivity contribution is -0.124. The lowest BCUT2D eigenvalue weighted by Crippen LogP contribution is -2.29. The zero-order valence-electron chi connectivity index (χ0n) is 16.1. The van der Waals surface area contributed by atoms with Crippen molar-refractivity contribution in [1.29, 1.82) is 0 Å². The minimum Gasteiger partial charge on any atom is -0.494 e. The smallest absolute Gasteiger partial charge is 0.338 e. The molecule has 0 radical (unpaired) electrons. The van der Waals surface area contributed by atoms with E-state index in [1.807, 2.05) is 6.92 Å². The summed E-state index contributed by atoms with van der Waals surface area (Å²) in [5.74, 6) is -1.55. The highest BCUT2D eigenvalue weighted by molar-refractivity contribution is 6.34. The molecule has 3 amide bonds. The Morgan fingerprint density at radius 1 is 0.966 bits per heavy atom. The molecule has 0 aliphatic carbocycles. The summed E-state index contributed by atoms with van der Waals surface area (Å²) in [6.07, 6.45) is 0. The van der Waals surface area contributed by atoms with Gasteiger partial charge in [0.1, 0.15) is 5.75 Å². The second-order valence-electron chi connectivity index (χ2n) is 6.16. The molecule has 0 fully saturated rings. The van der Waals surface area contributed by atoms with Gasteiger partial charge < -0.3 is 14.8 Å². The van der Waals surface area contributed by atoms with Gasteiger partial charge >= 0.3 is 5.97 Å². The minimum absolute atomic E-state index is 0.0859. The number of fused-ring (bicyclic) bond motifs is 1. The molecule has 3 rings (SSSR count). The molecule has 1 aliphatic heterocycles. The Labute approximate surface area is 167 Å². The van der Waals surface area contributed by atoms with Crippen LogP contribution in [0.15, 0.2) is 42.5 Å². The number of benzene rings is 2. The van der Waals surface area contributed by atoms with Gasteiger partial charge in [0, 0.05) is 6.54 Å². The maximum atomic E-state index is 12.8. The van der Waals surface area contributed by atoms with Crippen molar-refractivity contribution in [3.05, 3.63) is 59.2 Å². The third-order valence-corrected chi connectivity index (χ3v) is 4.24. The maximum absolute atomic E-state index is 12.8. The van der Waals surface area contributed by atoms with Crippen LogP contribution in [-0.2, 0) is 9.53 Å². The molecule has 1 N–H and O–H groups in total. The first-order valence-corrected chi connectivity index (χ1v) is 9.15. The lowest BCUT2D eigenvalue weighted by atomic mass is 10.1. The number of anilines is 1. The van der Waals surface area contributed by atoms with Crippen LogP contribution in [0.4, 0.5) is 5.69 Å². The van der Waals surface area contributed by atoms with E-state index in [2.05, 4.69) is 5.32 Å². The van der Waals surface area contributed by atoms with Crippen LogP contribution >= 0.6 is 0 Å². The number of hydrogen-bond donors (Lipinski definition) is 1. The first-order valence-electron chi connectivity index (χ1n) is 9.15. The molecule has 0 bridgehead atoms. The molecule has 1 heterocycles. The standard InChI is InChI=1S/C21H20N2O6/c1-3-22-18(24)12-29-21(27)13-5-10-16-17(11-13)20(26)23(19(16)25)14-6-8-15(9-7-14)28-4-2/h5-11H,3-4,12H2,1-2H3,(H,22,24). The molecule has 0 saturated carbocycles. The zero-order valence-corrected chi connectivity index (χ0v) is 16.1. The van der Waals surface area contributed by atoms with Gasteiger partial charge in [-0.1, -0.05) is 0 Å². The van der Waals surface area contributed by atoms with Crippen molar-refractivity contribution in [1.82, 2.24) is 5.32 Å². The van der Waals surface area contributed by atoms with Gasteiger partial charge in [0.05, 0.1) is 29.0 Å². The minimum atomic E-state index is -0.751. The van der Waals surface area contributed by atoms with Gasteiger partial charge in [0.15, 0.2) is 6.61 Å². The maximum Gasteiger partial charge on any atom is 0.338 e. The SMILES string of the molecule is CCNC(=O)COC(=O)c1ccc2c(c1)C(=O)N(c1ccc(OCC)cc1)C2=O. The third kappa shape index (κ3) is 4.11. The molecule has 150 valence electrons. The molecule has 0 unspecified atom stereocenters. The van der Waals surface area contributed by atoms with E-state index in [9.17, 15) is 19.2 Å². The van der Waals surface area contributed by atoms with Crippen LogP contribution in [-0.4, -0.2) is 43.4 Å². The van der Waals surface area contributed by atoms with Crippen LogP contribution in [0, 0.1) is 0 Å². The molecule has 0 aromatic heterocycles. The van der Waals surface area contributed by atoms with Gasteiger partial charge in [-0.15, -0.1) is 0 Å². The van der Waals surface area contributed by atoms with E-state index in [0.717, 1.165) is 4.90 Å². The topological polar surface area (TPSA) is 102 Å². The van der Waals surface area contributed by atoms with Gasteiger partial charge in [0.25, 0.3) is 17.7 Å². The number of nitrogens with zero attached hydrogens (tertiary/aromatic N) is 1. The summed E-state index contributed by atoms with van der Waals surface area (Å²) in [6, 6.07) is 10.7. The van der Waals surface area contributed by atoms with E-state index >= 15 is 0 Å². The number of imide groups is 1. The molecule has 29 heavy (non-hydrogen) atoms. The molecular weight excluding hydrogens is 376 g/mol. The molecule has 0 saturated heterocycles. The Kier molecular flexibility index (Phi) is 5.92. The van der Waals surface area contributed by atoms with Crippen LogP contribution in [0.2, 0.25) is 0 Å². The van der Waals surface area contributed by atoms with Crippen molar-refractivity contribution < 1.29 is 28.7 Å². The van der Waals surface area contributed by atoms with Gasteiger partial charge in [0.2, 0.25) is 0 Å². The highest BCUT2D eigenvalue weighted by Crippen LogP contribution is 2.30. The first kappa shape index (κ1) is 20.1. The molecule has 2 aromatic rings. The summed E-state index contributed by atoms with van der Waals surface area (Å²) >= 11 is 0. The summed E-state index contributed by atoms with van der Waals surface area (Å²) in [4.78, 5) is 50.1. The first-order chi connectivity index (χ1) is 14.0. The number of nitrogens with one attached hydrogen (secondary N) is 1. The monoisotopic (exact) mass is 396 g/mol. The average molecular weight is 396 g/mol. The summed E-state index contributed by atoms with van der Waals surface area (Å²) in [7, 11) is 0. The summed E-state index contributed by atoms with van der Waals surface area (Å²) < 4.78 is 10.3. The Hall–Kier alpha value is -3.68. The Bertz CT molecular complexity index is 968. The van der Waals surface area contributed by atoms with Crippen molar-refractivity contribution in [2.75, 3.05) is 24.7 Å². The summed E-state index contributed by atoms with van der Waals surface area (Å²) in [6.45, 7) is 4.11. The van der Waals surface area contributed by atoms with E-state index in [1.54, 1.807) is 31.2 Å². The van der Waals surface area contributed by atoms with Crippen LogP contribution in [0.1, 0.15) is 44.9 Å². The number of carbonyl (C=O) groups excluding carboxylic acids is 4. The molecule has 2 aromatic carbocycles. The van der Waals surface area contributed by atoms with Crippen molar-refractivity contribution >= 4 is 29.4 Å². The van der Waals surface area contributed by atoms with Crippen molar-refractivity contribution in [2.24, 2.45) is 0 Å². The van der Waals surface area contributed by atoms with Crippen LogP contribution in [0.5, 0.6) is 5.75 Å². The predicted molar refractivity (Wildman–Crippen MR) is 104 cm³/mol. The zero-order chi connectivity index (χ0) is 21.0. The van der Waals surface area contributed by atoms with Gasteiger partial charge in [-0.2, -0.15) is 0 Å². The predicted octanol–water partition coefficient (Wildman–Crippen LogP) is 2.18. The van der Waals surface area contributed by atoms with E-state index in [0.29, 0.717) is 24.6 Å². The second-order valence-corrected chi connectivity index (χ2v) is 6.16. The van der Waals surface area contributed by atoms with Crippen molar-refractivity contribution in [2.45, 2.75) is 13.8 Å². The van der Waals surface area contributed by atoms with Crippen molar-refractivity contribution in [3.8, 4) is 5.75 Å². The molecule has 1 aliphatic rings. The molecular formula is C21H20N2O6. The summed E-state index contributed by atoms with van der Waals surface area (Å²) in [5.41, 5.74) is 0.795. The number of hydrogen-bond acceptors (Lipinski definition) is 6. The number of likely N-dealkylation sites (N-methyl/N-ethyl adjacent to an activating group) is 1. The highest BCUT2D eigenvalue weighted by Gasteiger charge is 2.37. The number of esters is 1. The van der Waals surface area contributed by atoms with E-state index in [-0.39, 0.29) is 16.7 Å². The Morgan fingerprint density at radius 2 is 1.66 bits per heavy atom. The normalized spacial score (nSPS) is 12.6. The number of carbonyl (C=O) groups is 4. The molecule has 8 heteroatoms.